The van der Waals surface area contributed by atoms with E-state index in [1.54, 1.807) is 5.57 Å². The molecule has 3 aliphatic rings. The van der Waals surface area contributed by atoms with Crippen molar-refractivity contribution in [2.75, 3.05) is 0 Å². The van der Waals surface area contributed by atoms with Crippen LogP contribution in [0.15, 0.2) is 11.6 Å². The van der Waals surface area contributed by atoms with E-state index in [0.717, 1.165) is 48.9 Å². The van der Waals surface area contributed by atoms with Gasteiger partial charge in [-0.15, -0.1) is 0 Å². The van der Waals surface area contributed by atoms with Crippen molar-refractivity contribution in [2.45, 2.75) is 117 Å². The Morgan fingerprint density at radius 3 is 2.50 bits per heavy atom. The van der Waals surface area contributed by atoms with E-state index in [0.29, 0.717) is 11.7 Å². The molecular formula is C27H46O. The van der Waals surface area contributed by atoms with E-state index < -0.39 is 0 Å². The molecule has 0 aliphatic heterocycles. The van der Waals surface area contributed by atoms with Crippen LogP contribution in [-0.4, -0.2) is 5.78 Å². The highest BCUT2D eigenvalue weighted by Crippen LogP contribution is 2.39. The summed E-state index contributed by atoms with van der Waals surface area (Å²) in [5.41, 5.74) is 1.73. The molecule has 0 aromatic carbocycles. The Bertz CT molecular complexity index is 510. The molecule has 0 heterocycles. The normalized spacial score (nSPS) is 36.8. The highest BCUT2D eigenvalue weighted by atomic mass is 16.1. The first-order chi connectivity index (χ1) is 13.5. The molecule has 0 aromatic rings. The highest BCUT2D eigenvalue weighted by Gasteiger charge is 2.31. The summed E-state index contributed by atoms with van der Waals surface area (Å²) >= 11 is 0. The third-order valence-electron chi connectivity index (χ3n) is 8.52. The maximum absolute atomic E-state index is 12.9. The molecule has 0 amide bonds. The first kappa shape index (κ1) is 22.1. The molecule has 3 aliphatic carbocycles. The van der Waals surface area contributed by atoms with Gasteiger partial charge in [0, 0.05) is 12.3 Å². The average Bonchev–Trinajstić information content (AvgIpc) is 2.70. The maximum Gasteiger partial charge on any atom is 0.135 e. The standard InChI is InChI=1S/C27H46O/c1-4-6-25-19-26(15-11-21(25)3)27(28)16-14-22-7-5-8-24(17-22)18-23-12-9-20(2)10-13-23/h8,20-23,25-26H,4-7,9-19H2,1-3H3. The minimum Gasteiger partial charge on any atom is -0.299 e. The molecule has 0 bridgehead atoms. The van der Waals surface area contributed by atoms with Gasteiger partial charge in [0.05, 0.1) is 0 Å². The lowest BCUT2D eigenvalue weighted by Gasteiger charge is -2.34. The predicted molar refractivity (Wildman–Crippen MR) is 120 cm³/mol. The Morgan fingerprint density at radius 1 is 0.964 bits per heavy atom. The second kappa shape index (κ2) is 11.0. The summed E-state index contributed by atoms with van der Waals surface area (Å²) in [7, 11) is 0. The smallest absolute Gasteiger partial charge is 0.135 e. The zero-order valence-electron chi connectivity index (χ0n) is 19.1. The van der Waals surface area contributed by atoms with Crippen molar-refractivity contribution in [3.8, 4) is 0 Å². The van der Waals surface area contributed by atoms with Crippen LogP contribution in [-0.2, 0) is 4.79 Å². The van der Waals surface area contributed by atoms with Crippen molar-refractivity contribution < 1.29 is 4.79 Å². The van der Waals surface area contributed by atoms with Crippen molar-refractivity contribution in [3.63, 3.8) is 0 Å². The van der Waals surface area contributed by atoms with Gasteiger partial charge in [0.25, 0.3) is 0 Å². The van der Waals surface area contributed by atoms with Crippen LogP contribution in [0.4, 0.5) is 0 Å². The maximum atomic E-state index is 12.9. The van der Waals surface area contributed by atoms with Gasteiger partial charge in [-0.1, -0.05) is 58.1 Å². The average molecular weight is 387 g/mol. The molecule has 28 heavy (non-hydrogen) atoms. The van der Waals surface area contributed by atoms with E-state index in [9.17, 15) is 4.79 Å². The number of hydrogen-bond donors (Lipinski definition) is 0. The van der Waals surface area contributed by atoms with Gasteiger partial charge in [-0.25, -0.2) is 0 Å². The third kappa shape index (κ3) is 6.46. The zero-order valence-corrected chi connectivity index (χ0v) is 19.1. The van der Waals surface area contributed by atoms with Crippen molar-refractivity contribution in [1.29, 1.82) is 0 Å². The van der Waals surface area contributed by atoms with E-state index in [4.69, 9.17) is 0 Å². The molecule has 2 saturated carbocycles. The second-order valence-corrected chi connectivity index (χ2v) is 10.9. The van der Waals surface area contributed by atoms with Gasteiger partial charge in [-0.2, -0.15) is 0 Å². The van der Waals surface area contributed by atoms with Crippen molar-refractivity contribution in [2.24, 2.45) is 35.5 Å². The Balaban J connectivity index is 1.39. The largest absolute Gasteiger partial charge is 0.299 e. The van der Waals surface area contributed by atoms with Crippen LogP contribution >= 0.6 is 0 Å². The van der Waals surface area contributed by atoms with Gasteiger partial charge in [0.15, 0.2) is 0 Å². The minimum absolute atomic E-state index is 0.385. The Kier molecular flexibility index (Phi) is 8.67. The van der Waals surface area contributed by atoms with Gasteiger partial charge in [0.2, 0.25) is 0 Å². The molecule has 0 aromatic heterocycles. The van der Waals surface area contributed by atoms with Crippen LogP contribution in [0.1, 0.15) is 117 Å². The molecule has 2 fully saturated rings. The number of ketones is 1. The first-order valence-corrected chi connectivity index (χ1v) is 12.8. The number of Topliss-reactive ketones (excluding diaryl/α,β-unsaturated/α-hetero) is 1. The fourth-order valence-electron chi connectivity index (χ4n) is 6.43. The molecule has 4 unspecified atom stereocenters. The topological polar surface area (TPSA) is 17.1 Å². The van der Waals surface area contributed by atoms with E-state index in [2.05, 4.69) is 26.8 Å². The summed E-state index contributed by atoms with van der Waals surface area (Å²) < 4.78 is 0. The fourth-order valence-corrected chi connectivity index (χ4v) is 6.43. The zero-order chi connectivity index (χ0) is 19.9. The third-order valence-corrected chi connectivity index (χ3v) is 8.52. The van der Waals surface area contributed by atoms with E-state index in [1.807, 2.05) is 0 Å². The highest BCUT2D eigenvalue weighted by molar-refractivity contribution is 5.81. The lowest BCUT2D eigenvalue weighted by Crippen LogP contribution is -2.28. The summed E-state index contributed by atoms with van der Waals surface area (Å²) in [6, 6.07) is 0. The van der Waals surface area contributed by atoms with Crippen LogP contribution in [0.3, 0.4) is 0 Å². The summed E-state index contributed by atoms with van der Waals surface area (Å²) in [6.45, 7) is 7.12. The van der Waals surface area contributed by atoms with Crippen molar-refractivity contribution in [1.82, 2.24) is 0 Å². The molecule has 0 spiro atoms. The summed E-state index contributed by atoms with van der Waals surface area (Å²) in [5.74, 6) is 5.30. The van der Waals surface area contributed by atoms with E-state index >= 15 is 0 Å². The molecular weight excluding hydrogens is 340 g/mol. The SMILES string of the molecule is CCCC1CC(C(=O)CCC2CCC=C(CC3CCC(C)CC3)C2)CCC1C. The van der Waals surface area contributed by atoms with Crippen LogP contribution in [0.25, 0.3) is 0 Å². The molecule has 1 nitrogen and oxygen atoms in total. The van der Waals surface area contributed by atoms with Crippen LogP contribution < -0.4 is 0 Å². The minimum atomic E-state index is 0.385. The fraction of sp³-hybridized carbons (Fsp3) is 0.889. The van der Waals surface area contributed by atoms with Gasteiger partial charge >= 0.3 is 0 Å². The van der Waals surface area contributed by atoms with Crippen LogP contribution in [0.5, 0.6) is 0 Å². The summed E-state index contributed by atoms with van der Waals surface area (Å²) in [4.78, 5) is 12.9. The van der Waals surface area contributed by atoms with Gasteiger partial charge in [0.1, 0.15) is 5.78 Å². The van der Waals surface area contributed by atoms with Crippen molar-refractivity contribution in [3.05, 3.63) is 11.6 Å². The van der Waals surface area contributed by atoms with Gasteiger partial charge in [-0.05, 0) is 93.8 Å². The second-order valence-electron chi connectivity index (χ2n) is 10.9. The quantitative estimate of drug-likeness (QED) is 0.385. The van der Waals surface area contributed by atoms with E-state index in [1.165, 1.54) is 77.0 Å². The predicted octanol–water partition coefficient (Wildman–Crippen LogP) is 8.13. The van der Waals surface area contributed by atoms with Gasteiger partial charge in [-0.3, -0.25) is 4.79 Å². The van der Waals surface area contributed by atoms with Gasteiger partial charge < -0.3 is 0 Å². The number of rotatable bonds is 8. The van der Waals surface area contributed by atoms with Crippen LogP contribution in [0, 0.1) is 35.5 Å². The Morgan fingerprint density at radius 2 is 1.75 bits per heavy atom. The number of carbonyl (C=O) groups excluding carboxylic acids is 1. The first-order valence-electron chi connectivity index (χ1n) is 12.8. The Labute approximate surface area is 175 Å². The van der Waals surface area contributed by atoms with E-state index in [-0.39, 0.29) is 0 Å². The molecule has 0 N–H and O–H groups in total. The summed E-state index contributed by atoms with van der Waals surface area (Å²) in [6.07, 6.45) is 21.8. The molecule has 160 valence electrons. The molecule has 3 rings (SSSR count). The monoisotopic (exact) mass is 386 g/mol. The molecule has 0 radical (unpaired) electrons. The van der Waals surface area contributed by atoms with Crippen molar-refractivity contribution >= 4 is 5.78 Å². The Hall–Kier alpha value is -0.590. The number of allylic oxidation sites excluding steroid dienone is 2. The lowest BCUT2D eigenvalue weighted by molar-refractivity contribution is -0.125. The summed E-state index contributed by atoms with van der Waals surface area (Å²) in [5, 5.41) is 0. The van der Waals surface area contributed by atoms with Crippen LogP contribution in [0.2, 0.25) is 0 Å². The number of hydrogen-bond acceptors (Lipinski definition) is 1. The number of carbonyl (C=O) groups is 1. The molecule has 4 atom stereocenters. The molecule has 0 saturated heterocycles. The molecule has 1 heteroatoms. The lowest BCUT2D eigenvalue weighted by atomic mass is 9.71.